The molecular weight excluding hydrogens is 234 g/mol. The van der Waals surface area contributed by atoms with E-state index in [4.69, 9.17) is 21.6 Å². The van der Waals surface area contributed by atoms with Gasteiger partial charge in [0.2, 0.25) is 0 Å². The van der Waals surface area contributed by atoms with Crippen LogP contribution in [-0.2, 0) is 4.74 Å². The van der Waals surface area contributed by atoms with Crippen molar-refractivity contribution < 1.29 is 4.74 Å². The number of nitrogens with zero attached hydrogens (tertiary/aromatic N) is 3. The van der Waals surface area contributed by atoms with Crippen molar-refractivity contribution >= 4 is 28.1 Å². The molecule has 0 aromatic carbocycles. The van der Waals surface area contributed by atoms with Crippen molar-refractivity contribution in [1.29, 1.82) is 5.26 Å². The molecule has 1 aliphatic heterocycles. The van der Waals surface area contributed by atoms with E-state index >= 15 is 0 Å². The largest absolute Gasteiger partial charge is 0.380 e. The monoisotopic (exact) mass is 243 g/mol. The van der Waals surface area contributed by atoms with Crippen LogP contribution < -0.4 is 4.90 Å². The van der Waals surface area contributed by atoms with E-state index in [0.717, 1.165) is 31.2 Å². The van der Waals surface area contributed by atoms with Gasteiger partial charge in [0.1, 0.15) is 10.9 Å². The van der Waals surface area contributed by atoms with Crippen molar-refractivity contribution in [3.05, 3.63) is 10.0 Å². The summed E-state index contributed by atoms with van der Waals surface area (Å²) in [5.41, 5.74) is 0. The van der Waals surface area contributed by atoms with Gasteiger partial charge >= 0.3 is 0 Å². The van der Waals surface area contributed by atoms with E-state index in [0.29, 0.717) is 16.6 Å². The Morgan fingerprint density at radius 1 is 1.47 bits per heavy atom. The lowest BCUT2D eigenvalue weighted by Gasteiger charge is -2.17. The summed E-state index contributed by atoms with van der Waals surface area (Å²) in [6.45, 7) is 3.23. The molecule has 15 heavy (non-hydrogen) atoms. The number of thiazole rings is 1. The first-order valence-electron chi connectivity index (χ1n) is 4.70. The average molecular weight is 244 g/mol. The second-order valence-electron chi connectivity index (χ2n) is 3.18. The van der Waals surface area contributed by atoms with Gasteiger partial charge in [-0.3, -0.25) is 0 Å². The van der Waals surface area contributed by atoms with Gasteiger partial charge in [-0.1, -0.05) is 22.9 Å². The third-order valence-electron chi connectivity index (χ3n) is 2.17. The predicted octanol–water partition coefficient (Wildman–Crippen LogP) is 1.89. The number of hydrogen-bond donors (Lipinski definition) is 0. The van der Waals surface area contributed by atoms with Gasteiger partial charge in [0.15, 0.2) is 10.3 Å². The summed E-state index contributed by atoms with van der Waals surface area (Å²) in [5.74, 6) is 0. The highest BCUT2D eigenvalue weighted by Crippen LogP contribution is 2.29. The van der Waals surface area contributed by atoms with Gasteiger partial charge in [-0.25, -0.2) is 4.98 Å². The Labute approximate surface area is 97.0 Å². The number of halogens is 1. The number of aromatic nitrogens is 1. The van der Waals surface area contributed by atoms with Crippen LogP contribution in [0.1, 0.15) is 11.3 Å². The molecule has 1 aromatic rings. The van der Waals surface area contributed by atoms with Crippen LogP contribution >= 0.6 is 22.9 Å². The maximum Gasteiger partial charge on any atom is 0.188 e. The van der Waals surface area contributed by atoms with Gasteiger partial charge in [0.05, 0.1) is 6.61 Å². The van der Waals surface area contributed by atoms with Gasteiger partial charge in [-0.2, -0.15) is 5.26 Å². The summed E-state index contributed by atoms with van der Waals surface area (Å²) in [5, 5.41) is 9.91. The van der Waals surface area contributed by atoms with E-state index in [9.17, 15) is 0 Å². The fraction of sp³-hybridized carbons (Fsp3) is 0.556. The van der Waals surface area contributed by atoms with Gasteiger partial charge in [-0.15, -0.1) is 0 Å². The van der Waals surface area contributed by atoms with Gasteiger partial charge in [-0.05, 0) is 6.42 Å². The molecule has 6 heteroatoms. The first-order valence-corrected chi connectivity index (χ1v) is 5.90. The fourth-order valence-electron chi connectivity index (χ4n) is 1.43. The van der Waals surface area contributed by atoms with Crippen LogP contribution in [0.15, 0.2) is 0 Å². The normalized spacial score (nSPS) is 17.2. The highest BCUT2D eigenvalue weighted by molar-refractivity contribution is 7.16. The van der Waals surface area contributed by atoms with Crippen LogP contribution in [0, 0.1) is 11.3 Å². The lowest BCUT2D eigenvalue weighted by molar-refractivity contribution is 0.152. The highest BCUT2D eigenvalue weighted by Gasteiger charge is 2.16. The van der Waals surface area contributed by atoms with Crippen molar-refractivity contribution in [2.24, 2.45) is 0 Å². The molecular formula is C9H10ClN3OS. The third kappa shape index (κ3) is 2.40. The van der Waals surface area contributed by atoms with Gasteiger partial charge in [0.25, 0.3) is 0 Å². The molecule has 0 amide bonds. The maximum atomic E-state index is 8.78. The van der Waals surface area contributed by atoms with Crippen molar-refractivity contribution in [1.82, 2.24) is 4.98 Å². The number of ether oxygens (including phenoxy) is 1. The van der Waals surface area contributed by atoms with Crippen molar-refractivity contribution in [3.8, 4) is 6.07 Å². The smallest absolute Gasteiger partial charge is 0.188 e. The minimum absolute atomic E-state index is 0.308. The van der Waals surface area contributed by atoms with Crippen LogP contribution in [0.3, 0.4) is 0 Å². The molecule has 0 saturated carbocycles. The molecule has 0 aliphatic carbocycles. The van der Waals surface area contributed by atoms with Crippen LogP contribution in [0.2, 0.25) is 5.15 Å². The van der Waals surface area contributed by atoms with E-state index in [1.54, 1.807) is 0 Å². The molecule has 1 aromatic heterocycles. The Balaban J connectivity index is 2.17. The fourth-order valence-corrected chi connectivity index (χ4v) is 2.53. The number of nitriles is 1. The Kier molecular flexibility index (Phi) is 3.41. The van der Waals surface area contributed by atoms with Crippen LogP contribution in [0.5, 0.6) is 0 Å². The average Bonchev–Trinajstić information content (AvgIpc) is 2.48. The molecule has 0 atom stereocenters. The van der Waals surface area contributed by atoms with E-state index in [2.05, 4.69) is 9.88 Å². The van der Waals surface area contributed by atoms with Crippen molar-refractivity contribution in [2.45, 2.75) is 6.42 Å². The second-order valence-corrected chi connectivity index (χ2v) is 4.52. The molecule has 0 radical (unpaired) electrons. The summed E-state index contributed by atoms with van der Waals surface area (Å²) in [4.78, 5) is 6.78. The summed E-state index contributed by atoms with van der Waals surface area (Å²) in [6, 6.07) is 2.04. The Morgan fingerprint density at radius 2 is 2.33 bits per heavy atom. The molecule has 4 nitrogen and oxygen atoms in total. The molecule has 0 bridgehead atoms. The molecule has 1 aliphatic rings. The zero-order chi connectivity index (χ0) is 10.7. The first kappa shape index (κ1) is 10.7. The van der Waals surface area contributed by atoms with E-state index in [1.807, 2.05) is 6.07 Å². The van der Waals surface area contributed by atoms with Gasteiger partial charge in [0, 0.05) is 19.7 Å². The SMILES string of the molecule is N#Cc1sc(N2CCCOCC2)nc1Cl. The summed E-state index contributed by atoms with van der Waals surface area (Å²) in [7, 11) is 0. The van der Waals surface area contributed by atoms with E-state index in [1.165, 1.54) is 11.3 Å². The van der Waals surface area contributed by atoms with Crippen LogP contribution in [-0.4, -0.2) is 31.3 Å². The molecule has 1 saturated heterocycles. The lowest BCUT2D eigenvalue weighted by atomic mass is 10.4. The maximum absolute atomic E-state index is 8.78. The third-order valence-corrected chi connectivity index (χ3v) is 3.58. The van der Waals surface area contributed by atoms with E-state index < -0.39 is 0 Å². The Hall–Kier alpha value is -0.830. The molecule has 1 fully saturated rings. The van der Waals surface area contributed by atoms with Crippen LogP contribution in [0.25, 0.3) is 0 Å². The predicted molar refractivity (Wildman–Crippen MR) is 59.5 cm³/mol. The number of rotatable bonds is 1. The Bertz CT molecular complexity index is 379. The zero-order valence-corrected chi connectivity index (χ0v) is 9.64. The second kappa shape index (κ2) is 4.79. The van der Waals surface area contributed by atoms with Crippen molar-refractivity contribution in [3.63, 3.8) is 0 Å². The molecule has 2 rings (SSSR count). The number of anilines is 1. The molecule has 0 spiro atoms. The summed E-state index contributed by atoms with van der Waals surface area (Å²) in [6.07, 6.45) is 0.985. The number of hydrogen-bond acceptors (Lipinski definition) is 5. The Morgan fingerprint density at radius 3 is 3.07 bits per heavy atom. The minimum Gasteiger partial charge on any atom is -0.380 e. The van der Waals surface area contributed by atoms with Crippen LogP contribution in [0.4, 0.5) is 5.13 Å². The first-order chi connectivity index (χ1) is 7.31. The highest BCUT2D eigenvalue weighted by atomic mass is 35.5. The quantitative estimate of drug-likeness (QED) is 0.756. The topological polar surface area (TPSA) is 49.2 Å². The zero-order valence-electron chi connectivity index (χ0n) is 8.07. The molecule has 80 valence electrons. The minimum atomic E-state index is 0.308. The molecule has 2 heterocycles. The van der Waals surface area contributed by atoms with Crippen molar-refractivity contribution in [2.75, 3.05) is 31.2 Å². The summed E-state index contributed by atoms with van der Waals surface area (Å²) >= 11 is 7.17. The summed E-state index contributed by atoms with van der Waals surface area (Å²) < 4.78 is 5.35. The molecule has 0 unspecified atom stereocenters. The lowest BCUT2D eigenvalue weighted by Crippen LogP contribution is -2.25. The van der Waals surface area contributed by atoms with Gasteiger partial charge < -0.3 is 9.64 Å². The van der Waals surface area contributed by atoms with E-state index in [-0.39, 0.29) is 0 Å². The molecule has 0 N–H and O–H groups in total. The standard InChI is InChI=1S/C9H10ClN3OS/c10-8-7(6-11)15-9(12-8)13-2-1-4-14-5-3-13/h1-5H2.